The predicted octanol–water partition coefficient (Wildman–Crippen LogP) is -0.505. The largest absolute Gasteiger partial charge is 0.477 e. The van der Waals surface area contributed by atoms with Crippen molar-refractivity contribution in [1.29, 1.82) is 0 Å². The quantitative estimate of drug-likeness (QED) is 0.133. The van der Waals surface area contributed by atoms with E-state index in [1.165, 1.54) is 0 Å². The van der Waals surface area contributed by atoms with Gasteiger partial charge < -0.3 is 27.1 Å². The molecule has 174 valence electrons. The van der Waals surface area contributed by atoms with E-state index in [9.17, 15) is 28.9 Å². The number of carboxylic acid groups (broad SMARTS) is 1. The highest BCUT2D eigenvalue weighted by atomic mass is 35.5. The molecule has 4 heterocycles. The fourth-order valence-corrected chi connectivity index (χ4v) is 7.71. The number of nitrogens with one attached hydrogen (secondary N) is 1. The molecule has 2 aliphatic heterocycles. The van der Waals surface area contributed by atoms with Crippen LogP contribution in [0.4, 0.5) is 10.3 Å². The second-order valence-corrected chi connectivity index (χ2v) is 11.8. The zero-order valence-corrected chi connectivity index (χ0v) is 19.8. The summed E-state index contributed by atoms with van der Waals surface area (Å²) in [7, 11) is -1.78. The number of carbonyl (C=O) groups excluding carboxylic acids is 2. The zero-order valence-electron chi connectivity index (χ0n) is 15.8. The van der Waals surface area contributed by atoms with Crippen LogP contribution in [0.2, 0.25) is 4.34 Å². The number of amides is 2. The minimum atomic E-state index is -1.78. The molecule has 2 unspecified atom stereocenters. The van der Waals surface area contributed by atoms with Crippen LogP contribution in [-0.4, -0.2) is 75.3 Å². The first-order chi connectivity index (χ1) is 15.6. The van der Waals surface area contributed by atoms with Crippen molar-refractivity contribution in [2.75, 3.05) is 17.2 Å². The van der Waals surface area contributed by atoms with Crippen LogP contribution < -0.4 is 16.8 Å². The molecule has 19 heteroatoms. The number of anilines is 2. The topological polar surface area (TPSA) is 227 Å². The molecule has 0 bridgehead atoms. The minimum absolute atomic E-state index is 0.0154. The van der Waals surface area contributed by atoms with Crippen LogP contribution >= 0.6 is 46.0 Å². The number of fused-ring (bicyclic) bond motifs is 1. The third kappa shape index (κ3) is 4.14. The Morgan fingerprint density at radius 2 is 2.03 bits per heavy atom. The van der Waals surface area contributed by atoms with E-state index in [-0.39, 0.29) is 36.6 Å². The van der Waals surface area contributed by atoms with Crippen molar-refractivity contribution in [3.63, 3.8) is 0 Å². The van der Waals surface area contributed by atoms with Crippen LogP contribution in [0.25, 0.3) is 0 Å². The highest BCUT2D eigenvalue weighted by Gasteiger charge is 2.57. The second-order valence-electron chi connectivity index (χ2n) is 6.28. The first-order valence-electron chi connectivity index (χ1n) is 8.51. The van der Waals surface area contributed by atoms with Crippen LogP contribution in [0.3, 0.4) is 0 Å². The fraction of sp³-hybridized carbons (Fsp3) is 0.214. The van der Waals surface area contributed by atoms with Gasteiger partial charge in [0.1, 0.15) is 27.1 Å². The van der Waals surface area contributed by atoms with Gasteiger partial charge in [-0.1, -0.05) is 51.2 Å². The lowest BCUT2D eigenvalue weighted by Crippen LogP contribution is -2.73. The van der Waals surface area contributed by atoms with Crippen LogP contribution in [0.15, 0.2) is 20.1 Å². The molecule has 3 atom stereocenters. The fourth-order valence-electron chi connectivity index (χ4n) is 3.06. The van der Waals surface area contributed by atoms with E-state index in [4.69, 9.17) is 23.1 Å². The number of carbonyl (C=O) groups is 3. The number of aromatic nitrogens is 3. The van der Waals surface area contributed by atoms with E-state index in [1.807, 2.05) is 0 Å². The summed E-state index contributed by atoms with van der Waals surface area (Å²) < 4.78 is 13.2. The Bertz CT molecular complexity index is 1270. The van der Waals surface area contributed by atoms with E-state index in [0.717, 1.165) is 39.3 Å². The summed E-state index contributed by atoms with van der Waals surface area (Å²) in [5.74, 6) is -3.47. The molecule has 2 amide bonds. The van der Waals surface area contributed by atoms with E-state index in [1.54, 1.807) is 0 Å². The number of nitrogens with two attached hydrogens (primary N) is 2. The van der Waals surface area contributed by atoms with Crippen molar-refractivity contribution in [3.05, 3.63) is 20.6 Å². The van der Waals surface area contributed by atoms with Crippen molar-refractivity contribution in [1.82, 2.24) is 25.4 Å². The lowest BCUT2D eigenvalue weighted by Gasteiger charge is -2.48. The molecule has 0 spiro atoms. The Balaban J connectivity index is 1.58. The number of oxime groups is 1. The molecule has 7 N–H and O–H groups in total. The maximum Gasteiger partial charge on any atom is 0.353 e. The van der Waals surface area contributed by atoms with Crippen molar-refractivity contribution < 1.29 is 28.9 Å². The molecule has 33 heavy (non-hydrogen) atoms. The molecule has 2 aromatic rings. The number of nitrogen functional groups attached to an aromatic ring is 2. The number of hydrogen-bond donors (Lipinski definition) is 5. The number of nitrogens with zero attached hydrogens (tertiary/aromatic N) is 5. The van der Waals surface area contributed by atoms with Gasteiger partial charge in [0.25, 0.3) is 11.8 Å². The van der Waals surface area contributed by atoms with Gasteiger partial charge in [0.05, 0.1) is 16.6 Å². The van der Waals surface area contributed by atoms with Gasteiger partial charge in [-0.3, -0.25) is 18.7 Å². The average molecular weight is 551 g/mol. The molecule has 0 aromatic carbocycles. The molecule has 14 nitrogen and oxygen atoms in total. The van der Waals surface area contributed by atoms with Gasteiger partial charge in [-0.05, 0) is 0 Å². The monoisotopic (exact) mass is 550 g/mol. The Kier molecular flexibility index (Phi) is 6.27. The predicted molar refractivity (Wildman–Crippen MR) is 120 cm³/mol. The molecule has 0 saturated carbocycles. The van der Waals surface area contributed by atoms with Gasteiger partial charge >= 0.3 is 5.97 Å². The highest BCUT2D eigenvalue weighted by Crippen LogP contribution is 2.41. The maximum absolute atomic E-state index is 12.9. The van der Waals surface area contributed by atoms with Gasteiger partial charge in [-0.25, -0.2) is 9.78 Å². The van der Waals surface area contributed by atoms with Crippen molar-refractivity contribution in [2.45, 2.75) is 15.8 Å². The molecule has 0 aliphatic carbocycles. The first kappa shape index (κ1) is 23.4. The number of β-lactam (4-membered cyclic amide) rings is 1. The van der Waals surface area contributed by atoms with E-state index in [0.29, 0.717) is 4.34 Å². The first-order valence-corrected chi connectivity index (χ1v) is 12.7. The second kappa shape index (κ2) is 8.86. The molecule has 2 aliphatic rings. The van der Waals surface area contributed by atoms with Crippen LogP contribution in [0, 0.1) is 0 Å². The summed E-state index contributed by atoms with van der Waals surface area (Å²) in [6, 6.07) is -1.33. The zero-order chi connectivity index (χ0) is 24.0. The summed E-state index contributed by atoms with van der Waals surface area (Å²) in [5, 5.41) is 30.6. The molecule has 1 saturated heterocycles. The molecule has 2 aromatic heterocycles. The van der Waals surface area contributed by atoms with Gasteiger partial charge in [-0.2, -0.15) is 0 Å². The maximum atomic E-state index is 12.9. The van der Waals surface area contributed by atoms with Crippen LogP contribution in [0.5, 0.6) is 0 Å². The minimum Gasteiger partial charge on any atom is -0.477 e. The lowest BCUT2D eigenvalue weighted by molar-refractivity contribution is -0.150. The normalized spacial score (nSPS) is 22.7. The molecule has 1 fully saturated rings. The van der Waals surface area contributed by atoms with Crippen LogP contribution in [0.1, 0.15) is 5.69 Å². The van der Waals surface area contributed by atoms with Crippen molar-refractivity contribution >= 4 is 90.6 Å². The SMILES string of the molecule is Nc1nnc(SC2=C(C(=O)O)N3C(=O)[C@@H](NC(=O)/C(=N\O)c4nc(N)sc4Cl)C3S(=O)C2)s1. The van der Waals surface area contributed by atoms with E-state index < -0.39 is 45.7 Å². The molecular formula is C14H11ClN8O6S4. The molecule has 0 radical (unpaired) electrons. The smallest absolute Gasteiger partial charge is 0.353 e. The summed E-state index contributed by atoms with van der Waals surface area (Å²) in [6.07, 6.45) is 0. The number of thioether (sulfide) groups is 1. The van der Waals surface area contributed by atoms with Gasteiger partial charge in [-0.15, -0.1) is 10.2 Å². The number of carboxylic acids is 1. The molecule has 4 rings (SSSR count). The van der Waals surface area contributed by atoms with Gasteiger partial charge in [0.15, 0.2) is 15.2 Å². The highest BCUT2D eigenvalue weighted by molar-refractivity contribution is 8.05. The lowest BCUT2D eigenvalue weighted by atomic mass is 10.0. The number of aliphatic carboxylic acids is 1. The number of hydrogen-bond acceptors (Lipinski definition) is 14. The van der Waals surface area contributed by atoms with Gasteiger partial charge in [0, 0.05) is 4.91 Å². The average Bonchev–Trinajstić information content (AvgIpc) is 3.30. The Hall–Kier alpha value is -2.80. The van der Waals surface area contributed by atoms with Crippen molar-refractivity contribution in [2.24, 2.45) is 5.16 Å². The summed E-state index contributed by atoms with van der Waals surface area (Å²) >= 11 is 8.68. The van der Waals surface area contributed by atoms with Crippen molar-refractivity contribution in [3.8, 4) is 0 Å². The van der Waals surface area contributed by atoms with E-state index in [2.05, 4.69) is 25.7 Å². The molecular weight excluding hydrogens is 540 g/mol. The Morgan fingerprint density at radius 3 is 2.58 bits per heavy atom. The third-order valence-corrected chi connectivity index (χ3v) is 9.10. The van der Waals surface area contributed by atoms with Crippen LogP contribution in [-0.2, 0) is 25.2 Å². The third-order valence-electron chi connectivity index (χ3n) is 4.35. The number of rotatable bonds is 6. The Labute approximate surface area is 203 Å². The van der Waals surface area contributed by atoms with E-state index >= 15 is 0 Å². The number of halogens is 1. The standard InChI is InChI=1S/C14H11ClN8O6S4/c15-7-3(19-12(16)31-7)4(22-28)8(24)18-5-9(25)23-6(11(26)27)2(1-33(29)10(5)23)30-14-21-20-13(17)32-14/h5,10,28H,1H2,(H2,16,19)(H2,17,20)(H,18,24)(H,26,27)/b22-4-/t5-,10?,33?/m1/s1. The Morgan fingerprint density at radius 1 is 1.30 bits per heavy atom. The summed E-state index contributed by atoms with van der Waals surface area (Å²) in [5.41, 5.74) is 9.87. The summed E-state index contributed by atoms with van der Waals surface area (Å²) in [4.78, 5) is 42.1. The van der Waals surface area contributed by atoms with Gasteiger partial charge in [0.2, 0.25) is 5.13 Å². The summed E-state index contributed by atoms with van der Waals surface area (Å²) in [6.45, 7) is 0. The number of thiazole rings is 1.